The molecule has 23 heavy (non-hydrogen) atoms. The van der Waals surface area contributed by atoms with Crippen LogP contribution in [0.4, 0.5) is 0 Å². The van der Waals surface area contributed by atoms with Crippen LogP contribution in [0.15, 0.2) is 59.3 Å². The molecule has 0 aliphatic carbocycles. The van der Waals surface area contributed by atoms with E-state index in [1.165, 1.54) is 32.1 Å². The number of aryl methyl sites for hydroxylation is 1. The van der Waals surface area contributed by atoms with Gasteiger partial charge in [0.1, 0.15) is 5.76 Å². The smallest absolute Gasteiger partial charge is 0.103 e. The molecule has 0 aromatic carbocycles. The van der Waals surface area contributed by atoms with E-state index in [0.29, 0.717) is 6.42 Å². The zero-order chi connectivity index (χ0) is 16.6. The van der Waals surface area contributed by atoms with E-state index in [1.807, 2.05) is 30.4 Å². The summed E-state index contributed by atoms with van der Waals surface area (Å²) >= 11 is 0. The summed E-state index contributed by atoms with van der Waals surface area (Å²) < 4.78 is 5.32. The van der Waals surface area contributed by atoms with Crippen molar-refractivity contribution in [3.05, 3.63) is 60.6 Å². The van der Waals surface area contributed by atoms with E-state index < -0.39 is 0 Å². The summed E-state index contributed by atoms with van der Waals surface area (Å²) in [7, 11) is 0. The van der Waals surface area contributed by atoms with Crippen molar-refractivity contribution < 1.29 is 9.52 Å². The molecule has 0 aliphatic rings. The van der Waals surface area contributed by atoms with Crippen molar-refractivity contribution in [2.24, 2.45) is 0 Å². The van der Waals surface area contributed by atoms with Crippen LogP contribution in [0.1, 0.15) is 64.1 Å². The van der Waals surface area contributed by atoms with E-state index in [0.717, 1.165) is 25.0 Å². The average molecular weight is 316 g/mol. The maximum atomic E-state index is 9.69. The van der Waals surface area contributed by atoms with Crippen LogP contribution in [0.2, 0.25) is 0 Å². The number of allylic oxidation sites excluding steroid dienone is 4. The molecule has 1 N–H and O–H groups in total. The fraction of sp³-hybridized carbons (Fsp3) is 0.524. The van der Waals surface area contributed by atoms with Gasteiger partial charge in [-0.05, 0) is 44.2 Å². The predicted molar refractivity (Wildman–Crippen MR) is 98.4 cm³/mol. The molecule has 1 unspecified atom stereocenters. The van der Waals surface area contributed by atoms with Crippen LogP contribution in [-0.4, -0.2) is 11.2 Å². The van der Waals surface area contributed by atoms with E-state index in [1.54, 1.807) is 6.26 Å². The number of unbranched alkanes of at least 4 members (excludes halogenated alkanes) is 5. The Labute approximate surface area is 141 Å². The Kier molecular flexibility index (Phi) is 11.9. The quantitative estimate of drug-likeness (QED) is 0.275. The number of furan rings is 1. The zero-order valence-electron chi connectivity index (χ0n) is 14.5. The molecule has 0 fully saturated rings. The summed E-state index contributed by atoms with van der Waals surface area (Å²) in [5.41, 5.74) is 0. The van der Waals surface area contributed by atoms with Gasteiger partial charge in [0, 0.05) is 6.42 Å². The fourth-order valence-electron chi connectivity index (χ4n) is 2.39. The van der Waals surface area contributed by atoms with Crippen LogP contribution in [0.3, 0.4) is 0 Å². The third-order valence-corrected chi connectivity index (χ3v) is 3.73. The number of rotatable bonds is 13. The van der Waals surface area contributed by atoms with Gasteiger partial charge >= 0.3 is 0 Å². The minimum atomic E-state index is -0.364. The second kappa shape index (κ2) is 14.1. The maximum Gasteiger partial charge on any atom is 0.103 e. The molecule has 0 bridgehead atoms. The topological polar surface area (TPSA) is 33.4 Å². The molecule has 2 nitrogen and oxygen atoms in total. The molecule has 0 saturated heterocycles. The highest BCUT2D eigenvalue weighted by molar-refractivity contribution is 5.05. The number of hydrogen-bond acceptors (Lipinski definition) is 2. The van der Waals surface area contributed by atoms with E-state index >= 15 is 0 Å². The maximum absolute atomic E-state index is 9.69. The lowest BCUT2D eigenvalue weighted by atomic mass is 10.1. The monoisotopic (exact) mass is 316 g/mol. The number of aliphatic hydroxyl groups excluding tert-OH is 1. The zero-order valence-corrected chi connectivity index (χ0v) is 14.5. The lowest BCUT2D eigenvalue weighted by molar-refractivity contribution is 0.227. The summed E-state index contributed by atoms with van der Waals surface area (Å²) in [6.45, 7) is 2.10. The van der Waals surface area contributed by atoms with Crippen LogP contribution >= 0.6 is 0 Å². The Morgan fingerprint density at radius 1 is 1.04 bits per heavy atom. The minimum Gasteiger partial charge on any atom is -0.469 e. The highest BCUT2D eigenvalue weighted by Gasteiger charge is 1.95. The highest BCUT2D eigenvalue weighted by atomic mass is 16.3. The van der Waals surface area contributed by atoms with Gasteiger partial charge in [-0.1, -0.05) is 62.6 Å². The molecule has 2 heteroatoms. The van der Waals surface area contributed by atoms with E-state index in [4.69, 9.17) is 4.42 Å². The molecule has 1 rings (SSSR count). The second-order valence-corrected chi connectivity index (χ2v) is 5.88. The lowest BCUT2D eigenvalue weighted by Crippen LogP contribution is -1.98. The van der Waals surface area contributed by atoms with Crippen molar-refractivity contribution in [1.29, 1.82) is 0 Å². The van der Waals surface area contributed by atoms with Crippen LogP contribution in [-0.2, 0) is 6.42 Å². The fourth-order valence-corrected chi connectivity index (χ4v) is 2.39. The molecule has 1 aromatic rings. The average Bonchev–Trinajstić information content (AvgIpc) is 3.06. The van der Waals surface area contributed by atoms with Gasteiger partial charge in [0.15, 0.2) is 0 Å². The Bertz CT molecular complexity index is 440. The van der Waals surface area contributed by atoms with Gasteiger partial charge in [0.05, 0.1) is 12.4 Å². The molecule has 1 aromatic heterocycles. The van der Waals surface area contributed by atoms with Crippen LogP contribution in [0, 0.1) is 0 Å². The van der Waals surface area contributed by atoms with Gasteiger partial charge in [-0.2, -0.15) is 0 Å². The van der Waals surface area contributed by atoms with E-state index in [2.05, 4.69) is 25.1 Å². The van der Waals surface area contributed by atoms with E-state index in [9.17, 15) is 5.11 Å². The number of hydrogen-bond donors (Lipinski definition) is 1. The molecule has 1 heterocycles. The molecular formula is C21H32O2. The predicted octanol–water partition coefficient (Wildman–Crippen LogP) is 5.99. The summed E-state index contributed by atoms with van der Waals surface area (Å²) in [5.74, 6) is 1.10. The number of aliphatic hydroxyl groups is 1. The molecule has 0 aliphatic heterocycles. The molecule has 0 amide bonds. The van der Waals surface area contributed by atoms with Crippen molar-refractivity contribution in [1.82, 2.24) is 0 Å². The first-order valence-electron chi connectivity index (χ1n) is 9.01. The molecule has 1 atom stereocenters. The molecule has 0 radical (unpaired) electrons. The van der Waals surface area contributed by atoms with Gasteiger partial charge < -0.3 is 9.52 Å². The Morgan fingerprint density at radius 2 is 1.87 bits per heavy atom. The minimum absolute atomic E-state index is 0.364. The second-order valence-electron chi connectivity index (χ2n) is 5.88. The van der Waals surface area contributed by atoms with Crippen molar-refractivity contribution in [3.63, 3.8) is 0 Å². The Balaban J connectivity index is 1.90. The SMILES string of the molecule is CC/C=C/CC(O)/C=C/C=C/CCCCCCCc1ccco1. The van der Waals surface area contributed by atoms with Gasteiger partial charge in [0.25, 0.3) is 0 Å². The van der Waals surface area contributed by atoms with E-state index in [-0.39, 0.29) is 6.10 Å². The Morgan fingerprint density at radius 3 is 2.65 bits per heavy atom. The molecule has 0 saturated carbocycles. The molecule has 128 valence electrons. The first-order valence-corrected chi connectivity index (χ1v) is 9.01. The van der Waals surface area contributed by atoms with Crippen LogP contribution < -0.4 is 0 Å². The van der Waals surface area contributed by atoms with Crippen molar-refractivity contribution in [2.75, 3.05) is 0 Å². The molecule has 0 spiro atoms. The van der Waals surface area contributed by atoms with Crippen molar-refractivity contribution in [2.45, 2.75) is 70.8 Å². The largest absolute Gasteiger partial charge is 0.469 e. The van der Waals surface area contributed by atoms with Crippen molar-refractivity contribution >= 4 is 0 Å². The normalized spacial score (nSPS) is 13.7. The van der Waals surface area contributed by atoms with Crippen LogP contribution in [0.5, 0.6) is 0 Å². The lowest BCUT2D eigenvalue weighted by Gasteiger charge is -1.99. The van der Waals surface area contributed by atoms with Gasteiger partial charge in [-0.3, -0.25) is 0 Å². The standard InChI is InChI=1S/C21H32O2/c1-2-3-11-15-20(22)16-12-9-7-5-4-6-8-10-13-17-21-18-14-19-23-21/h3,7,9,11-12,14,16,18-20,22H,2,4-6,8,10,13,15,17H2,1H3/b9-7+,11-3+,16-12+. The van der Waals surface area contributed by atoms with Gasteiger partial charge in [-0.15, -0.1) is 0 Å². The highest BCUT2D eigenvalue weighted by Crippen LogP contribution is 2.10. The third-order valence-electron chi connectivity index (χ3n) is 3.73. The summed E-state index contributed by atoms with van der Waals surface area (Å²) in [6.07, 6.45) is 23.8. The third kappa shape index (κ3) is 11.7. The van der Waals surface area contributed by atoms with Crippen LogP contribution in [0.25, 0.3) is 0 Å². The first kappa shape index (κ1) is 19.5. The summed E-state index contributed by atoms with van der Waals surface area (Å²) in [4.78, 5) is 0. The van der Waals surface area contributed by atoms with Gasteiger partial charge in [0.2, 0.25) is 0 Å². The summed E-state index contributed by atoms with van der Waals surface area (Å²) in [6, 6.07) is 4.01. The van der Waals surface area contributed by atoms with Gasteiger partial charge in [-0.25, -0.2) is 0 Å². The first-order chi connectivity index (χ1) is 11.3. The Hall–Kier alpha value is -1.54. The van der Waals surface area contributed by atoms with Crippen molar-refractivity contribution in [3.8, 4) is 0 Å². The summed E-state index contributed by atoms with van der Waals surface area (Å²) in [5, 5.41) is 9.69. The molecular weight excluding hydrogens is 284 g/mol.